The number of methoxy groups -OCH3 is 1. The lowest BCUT2D eigenvalue weighted by atomic mass is 10.1. The van der Waals surface area contributed by atoms with Gasteiger partial charge in [-0.15, -0.1) is 0 Å². The molecule has 0 bridgehead atoms. The van der Waals surface area contributed by atoms with Crippen LogP contribution in [0.1, 0.15) is 15.9 Å². The van der Waals surface area contributed by atoms with Gasteiger partial charge in [-0.1, -0.05) is 0 Å². The molecule has 19 heavy (non-hydrogen) atoms. The van der Waals surface area contributed by atoms with E-state index in [0.29, 0.717) is 0 Å². The van der Waals surface area contributed by atoms with Crippen molar-refractivity contribution >= 4 is 11.6 Å². The third-order valence-corrected chi connectivity index (χ3v) is 2.34. The molecule has 5 nitrogen and oxygen atoms in total. The molecule has 1 rings (SSSR count). The number of rotatable bonds is 5. The summed E-state index contributed by atoms with van der Waals surface area (Å²) >= 11 is 0. The van der Waals surface area contributed by atoms with Crippen LogP contribution < -0.4 is 16.6 Å². The Morgan fingerprint density at radius 3 is 2.63 bits per heavy atom. The van der Waals surface area contributed by atoms with E-state index in [1.807, 2.05) is 0 Å². The number of hydrogen-bond donors (Lipinski definition) is 3. The van der Waals surface area contributed by atoms with Gasteiger partial charge < -0.3 is 15.5 Å². The maximum atomic E-state index is 12.6. The standard InChI is InChI=1S/C11H14F3N3O2/c1-19-5-4-16-10(18)8-6-7(11(12,13)14)2-3-9(8)17-15/h2-3,6,17H,4-5,15H2,1H3,(H,16,18). The van der Waals surface area contributed by atoms with E-state index < -0.39 is 17.6 Å². The zero-order chi connectivity index (χ0) is 14.5. The molecule has 1 amide bonds. The number of carbonyl (C=O) groups is 1. The molecule has 0 unspecified atom stereocenters. The Morgan fingerprint density at radius 2 is 2.11 bits per heavy atom. The highest BCUT2D eigenvalue weighted by Gasteiger charge is 2.31. The molecule has 0 saturated heterocycles. The van der Waals surface area contributed by atoms with Crippen LogP contribution >= 0.6 is 0 Å². The first-order valence-corrected chi connectivity index (χ1v) is 5.35. The predicted molar refractivity (Wildman–Crippen MR) is 63.5 cm³/mol. The van der Waals surface area contributed by atoms with E-state index in [4.69, 9.17) is 10.6 Å². The lowest BCUT2D eigenvalue weighted by Crippen LogP contribution is -2.28. The molecule has 1 aromatic carbocycles. The highest BCUT2D eigenvalue weighted by atomic mass is 19.4. The van der Waals surface area contributed by atoms with E-state index >= 15 is 0 Å². The zero-order valence-electron chi connectivity index (χ0n) is 10.2. The molecule has 106 valence electrons. The van der Waals surface area contributed by atoms with Gasteiger partial charge in [-0.25, -0.2) is 0 Å². The van der Waals surface area contributed by atoms with E-state index in [2.05, 4.69) is 10.7 Å². The van der Waals surface area contributed by atoms with Crippen LogP contribution in [0.3, 0.4) is 0 Å². The molecule has 0 heterocycles. The first-order chi connectivity index (χ1) is 8.90. The van der Waals surface area contributed by atoms with Gasteiger partial charge in [0.2, 0.25) is 0 Å². The Bertz CT molecular complexity index is 449. The number of anilines is 1. The van der Waals surface area contributed by atoms with Crippen molar-refractivity contribution in [2.45, 2.75) is 6.18 Å². The molecule has 0 atom stereocenters. The fraction of sp³-hybridized carbons (Fsp3) is 0.364. The summed E-state index contributed by atoms with van der Waals surface area (Å²) in [4.78, 5) is 11.7. The first kappa shape index (κ1) is 15.3. The molecule has 1 aromatic rings. The van der Waals surface area contributed by atoms with Gasteiger partial charge in [0, 0.05) is 13.7 Å². The summed E-state index contributed by atoms with van der Waals surface area (Å²) in [5.74, 6) is 4.51. The number of halogens is 3. The Kier molecular flexibility index (Phi) is 5.13. The first-order valence-electron chi connectivity index (χ1n) is 5.35. The number of hydrogen-bond acceptors (Lipinski definition) is 4. The Hall–Kier alpha value is -1.80. The largest absolute Gasteiger partial charge is 0.416 e. The van der Waals surface area contributed by atoms with Crippen LogP contribution in [0.15, 0.2) is 18.2 Å². The van der Waals surface area contributed by atoms with Gasteiger partial charge in [0.25, 0.3) is 5.91 Å². The molecule has 0 spiro atoms. The quantitative estimate of drug-likeness (QED) is 0.431. The molecule has 0 aromatic heterocycles. The summed E-state index contributed by atoms with van der Waals surface area (Å²) in [7, 11) is 1.45. The fourth-order valence-electron chi connectivity index (χ4n) is 1.40. The molecule has 0 radical (unpaired) electrons. The summed E-state index contributed by atoms with van der Waals surface area (Å²) in [6, 6.07) is 2.70. The van der Waals surface area contributed by atoms with Crippen molar-refractivity contribution in [2.24, 2.45) is 5.84 Å². The molecule has 0 aliphatic rings. The van der Waals surface area contributed by atoms with E-state index in [0.717, 1.165) is 18.2 Å². The van der Waals surface area contributed by atoms with Crippen LogP contribution in [0.25, 0.3) is 0 Å². The second-order valence-corrected chi connectivity index (χ2v) is 3.65. The van der Waals surface area contributed by atoms with Gasteiger partial charge in [-0.2, -0.15) is 13.2 Å². The molecule has 4 N–H and O–H groups in total. The normalized spacial score (nSPS) is 11.2. The SMILES string of the molecule is COCCNC(=O)c1cc(C(F)(F)F)ccc1NN. The maximum Gasteiger partial charge on any atom is 0.416 e. The number of alkyl halides is 3. The number of ether oxygens (including phenoxy) is 1. The van der Waals surface area contributed by atoms with E-state index in [1.165, 1.54) is 7.11 Å². The van der Waals surface area contributed by atoms with Crippen molar-refractivity contribution in [1.82, 2.24) is 5.32 Å². The summed E-state index contributed by atoms with van der Waals surface area (Å²) in [6.07, 6.45) is -4.52. The number of amides is 1. The van der Waals surface area contributed by atoms with Crippen LogP contribution in [-0.2, 0) is 10.9 Å². The molecule has 0 fully saturated rings. The van der Waals surface area contributed by atoms with E-state index in [-0.39, 0.29) is 24.4 Å². The Labute approximate surface area is 107 Å². The fourth-order valence-corrected chi connectivity index (χ4v) is 1.40. The van der Waals surface area contributed by atoms with Crippen LogP contribution in [0.2, 0.25) is 0 Å². The maximum absolute atomic E-state index is 12.6. The lowest BCUT2D eigenvalue weighted by Gasteiger charge is -2.13. The molecule has 0 aliphatic heterocycles. The Morgan fingerprint density at radius 1 is 1.42 bits per heavy atom. The summed E-state index contributed by atoms with van der Waals surface area (Å²) in [5, 5.41) is 2.43. The number of nitrogens with two attached hydrogens (primary N) is 1. The topological polar surface area (TPSA) is 76.4 Å². The third-order valence-electron chi connectivity index (χ3n) is 2.34. The van der Waals surface area contributed by atoms with Crippen molar-refractivity contribution in [2.75, 3.05) is 25.7 Å². The van der Waals surface area contributed by atoms with Crippen molar-refractivity contribution in [3.05, 3.63) is 29.3 Å². The smallest absolute Gasteiger partial charge is 0.383 e. The molecule has 0 saturated carbocycles. The predicted octanol–water partition coefficient (Wildman–Crippen LogP) is 1.37. The van der Waals surface area contributed by atoms with Gasteiger partial charge in [0.15, 0.2) is 0 Å². The lowest BCUT2D eigenvalue weighted by molar-refractivity contribution is -0.137. The van der Waals surface area contributed by atoms with Gasteiger partial charge in [0.05, 0.1) is 23.4 Å². The molecular formula is C11H14F3N3O2. The van der Waals surface area contributed by atoms with Crippen molar-refractivity contribution in [1.29, 1.82) is 0 Å². The number of nitrogens with one attached hydrogen (secondary N) is 2. The highest BCUT2D eigenvalue weighted by Crippen LogP contribution is 2.31. The second-order valence-electron chi connectivity index (χ2n) is 3.65. The minimum absolute atomic E-state index is 0.114. The second kappa shape index (κ2) is 6.39. The van der Waals surface area contributed by atoms with Crippen molar-refractivity contribution < 1.29 is 22.7 Å². The van der Waals surface area contributed by atoms with Gasteiger partial charge in [-0.05, 0) is 18.2 Å². The van der Waals surface area contributed by atoms with Crippen LogP contribution in [-0.4, -0.2) is 26.2 Å². The monoisotopic (exact) mass is 277 g/mol. The average molecular weight is 277 g/mol. The van der Waals surface area contributed by atoms with Crippen LogP contribution in [0.4, 0.5) is 18.9 Å². The van der Waals surface area contributed by atoms with Gasteiger partial charge in [0.1, 0.15) is 0 Å². The highest BCUT2D eigenvalue weighted by molar-refractivity contribution is 5.99. The van der Waals surface area contributed by atoms with E-state index in [9.17, 15) is 18.0 Å². The number of benzene rings is 1. The average Bonchev–Trinajstić information content (AvgIpc) is 2.37. The van der Waals surface area contributed by atoms with Crippen molar-refractivity contribution in [3.8, 4) is 0 Å². The van der Waals surface area contributed by atoms with E-state index in [1.54, 1.807) is 0 Å². The minimum Gasteiger partial charge on any atom is -0.383 e. The number of carbonyl (C=O) groups excluding carboxylic acids is 1. The summed E-state index contributed by atoms with van der Waals surface area (Å²) in [6.45, 7) is 0.450. The van der Waals surface area contributed by atoms with Crippen LogP contribution in [0, 0.1) is 0 Å². The number of nitrogen functional groups attached to an aromatic ring is 1. The molecule has 0 aliphatic carbocycles. The number of hydrazine groups is 1. The summed E-state index contributed by atoms with van der Waals surface area (Å²) in [5.41, 5.74) is 1.21. The minimum atomic E-state index is -4.52. The third kappa shape index (κ3) is 4.11. The van der Waals surface area contributed by atoms with Gasteiger partial charge in [-0.3, -0.25) is 10.6 Å². The van der Waals surface area contributed by atoms with Crippen molar-refractivity contribution in [3.63, 3.8) is 0 Å². The summed E-state index contributed by atoms with van der Waals surface area (Å²) < 4.78 is 42.4. The molecule has 8 heteroatoms. The van der Waals surface area contributed by atoms with Gasteiger partial charge >= 0.3 is 6.18 Å². The Balaban J connectivity index is 2.99. The van der Waals surface area contributed by atoms with Crippen LogP contribution in [0.5, 0.6) is 0 Å². The zero-order valence-corrected chi connectivity index (χ0v) is 10.2. The molecular weight excluding hydrogens is 263 g/mol.